The molecule has 2 rings (SSSR count). The second-order valence-electron chi connectivity index (χ2n) is 4.36. The first-order valence-electron chi connectivity index (χ1n) is 4.76. The molecule has 0 aromatic carbocycles. The molecule has 2 N–H and O–H groups in total. The number of halogens is 2. The summed E-state index contributed by atoms with van der Waals surface area (Å²) < 4.78 is 30.6. The van der Waals surface area contributed by atoms with E-state index >= 15 is 0 Å². The SMILES string of the molecule is NC1(C2CCCOC2)CC(F)(F)C1. The van der Waals surface area contributed by atoms with Gasteiger partial charge in [-0.15, -0.1) is 0 Å². The van der Waals surface area contributed by atoms with Gasteiger partial charge < -0.3 is 10.5 Å². The van der Waals surface area contributed by atoms with Gasteiger partial charge in [-0.05, 0) is 12.8 Å². The highest BCUT2D eigenvalue weighted by Crippen LogP contribution is 2.49. The lowest BCUT2D eigenvalue weighted by Gasteiger charge is -2.50. The monoisotopic (exact) mass is 191 g/mol. The predicted octanol–water partition coefficient (Wildman–Crippen LogP) is 1.54. The van der Waals surface area contributed by atoms with Crippen LogP contribution in [-0.2, 0) is 4.74 Å². The Bertz CT molecular complexity index is 194. The van der Waals surface area contributed by atoms with Crippen LogP contribution in [0.4, 0.5) is 8.78 Å². The summed E-state index contributed by atoms with van der Waals surface area (Å²) in [7, 11) is 0. The van der Waals surface area contributed by atoms with E-state index in [4.69, 9.17) is 10.5 Å². The van der Waals surface area contributed by atoms with Crippen LogP contribution in [0.3, 0.4) is 0 Å². The van der Waals surface area contributed by atoms with E-state index in [1.165, 1.54) is 0 Å². The van der Waals surface area contributed by atoms with E-state index in [9.17, 15) is 8.78 Å². The van der Waals surface area contributed by atoms with E-state index in [1.807, 2.05) is 0 Å². The Labute approximate surface area is 76.4 Å². The summed E-state index contributed by atoms with van der Waals surface area (Å²) >= 11 is 0. The number of hydrogen-bond acceptors (Lipinski definition) is 2. The topological polar surface area (TPSA) is 35.2 Å². The molecule has 0 amide bonds. The van der Waals surface area contributed by atoms with Gasteiger partial charge in [0.1, 0.15) is 0 Å². The molecule has 76 valence electrons. The van der Waals surface area contributed by atoms with Gasteiger partial charge >= 0.3 is 0 Å². The van der Waals surface area contributed by atoms with Gasteiger partial charge in [-0.3, -0.25) is 0 Å². The number of ether oxygens (including phenoxy) is 1. The summed E-state index contributed by atoms with van der Waals surface area (Å²) in [4.78, 5) is 0. The third kappa shape index (κ3) is 1.70. The van der Waals surface area contributed by atoms with Crippen LogP contribution in [0, 0.1) is 5.92 Å². The largest absolute Gasteiger partial charge is 0.381 e. The van der Waals surface area contributed by atoms with Crippen molar-refractivity contribution in [3.05, 3.63) is 0 Å². The Hall–Kier alpha value is -0.220. The van der Waals surface area contributed by atoms with Crippen molar-refractivity contribution in [1.29, 1.82) is 0 Å². The summed E-state index contributed by atoms with van der Waals surface area (Å²) in [6.07, 6.45) is 1.57. The minimum absolute atomic E-state index is 0.140. The fourth-order valence-electron chi connectivity index (χ4n) is 2.39. The molecule has 13 heavy (non-hydrogen) atoms. The van der Waals surface area contributed by atoms with Crippen LogP contribution in [0.15, 0.2) is 0 Å². The Morgan fingerprint density at radius 3 is 2.46 bits per heavy atom. The van der Waals surface area contributed by atoms with Crippen molar-refractivity contribution in [2.24, 2.45) is 11.7 Å². The maximum Gasteiger partial charge on any atom is 0.251 e. The molecule has 1 saturated heterocycles. The third-order valence-electron chi connectivity index (χ3n) is 3.15. The lowest BCUT2D eigenvalue weighted by atomic mass is 9.65. The molecule has 1 aliphatic heterocycles. The molecular formula is C9H15F2NO. The fourth-order valence-corrected chi connectivity index (χ4v) is 2.39. The van der Waals surface area contributed by atoms with Gasteiger partial charge in [-0.1, -0.05) is 0 Å². The van der Waals surface area contributed by atoms with Gasteiger partial charge in [0.05, 0.1) is 6.61 Å². The van der Waals surface area contributed by atoms with Crippen molar-refractivity contribution in [1.82, 2.24) is 0 Å². The third-order valence-corrected chi connectivity index (χ3v) is 3.15. The minimum atomic E-state index is -2.52. The Balaban J connectivity index is 1.93. The highest BCUT2D eigenvalue weighted by Gasteiger charge is 2.57. The number of alkyl halides is 2. The standard InChI is InChI=1S/C9H15F2NO/c10-9(11)5-8(12,6-9)7-2-1-3-13-4-7/h7H,1-6,12H2. The van der Waals surface area contributed by atoms with E-state index < -0.39 is 11.5 Å². The van der Waals surface area contributed by atoms with Crippen LogP contribution in [0.25, 0.3) is 0 Å². The molecular weight excluding hydrogens is 176 g/mol. The zero-order chi connectivity index (χ0) is 9.53. The van der Waals surface area contributed by atoms with Gasteiger partial charge in [-0.25, -0.2) is 8.78 Å². The molecule has 0 bridgehead atoms. The lowest BCUT2D eigenvalue weighted by Crippen LogP contribution is -2.63. The quantitative estimate of drug-likeness (QED) is 0.682. The zero-order valence-electron chi connectivity index (χ0n) is 7.56. The second kappa shape index (κ2) is 2.89. The molecule has 2 nitrogen and oxygen atoms in total. The second-order valence-corrected chi connectivity index (χ2v) is 4.36. The Kier molecular flexibility index (Phi) is 2.07. The number of hydrogen-bond donors (Lipinski definition) is 1. The first-order valence-corrected chi connectivity index (χ1v) is 4.76. The molecule has 0 spiro atoms. The smallest absolute Gasteiger partial charge is 0.251 e. The van der Waals surface area contributed by atoms with Gasteiger partial charge in [-0.2, -0.15) is 0 Å². The summed E-state index contributed by atoms with van der Waals surface area (Å²) in [5.41, 5.74) is 5.24. The number of nitrogens with two attached hydrogens (primary N) is 1. The van der Waals surface area contributed by atoms with Crippen molar-refractivity contribution in [3.8, 4) is 0 Å². The van der Waals surface area contributed by atoms with Crippen molar-refractivity contribution < 1.29 is 13.5 Å². The molecule has 1 saturated carbocycles. The van der Waals surface area contributed by atoms with Crippen LogP contribution < -0.4 is 5.73 Å². The van der Waals surface area contributed by atoms with E-state index in [-0.39, 0.29) is 18.8 Å². The average Bonchev–Trinajstić information content (AvgIpc) is 2.02. The van der Waals surface area contributed by atoms with Crippen LogP contribution in [-0.4, -0.2) is 24.7 Å². The van der Waals surface area contributed by atoms with Crippen LogP contribution in [0.5, 0.6) is 0 Å². The molecule has 0 aromatic heterocycles. The van der Waals surface area contributed by atoms with E-state index in [0.29, 0.717) is 6.61 Å². The molecule has 1 heterocycles. The summed E-state index contributed by atoms with van der Waals surface area (Å²) in [6, 6.07) is 0. The summed E-state index contributed by atoms with van der Waals surface area (Å²) in [5.74, 6) is -2.38. The molecule has 0 aromatic rings. The van der Waals surface area contributed by atoms with Crippen molar-refractivity contribution in [3.63, 3.8) is 0 Å². The van der Waals surface area contributed by atoms with Crippen LogP contribution >= 0.6 is 0 Å². The Morgan fingerprint density at radius 2 is 2.00 bits per heavy atom. The average molecular weight is 191 g/mol. The molecule has 1 unspecified atom stereocenters. The van der Waals surface area contributed by atoms with Crippen LogP contribution in [0.2, 0.25) is 0 Å². The van der Waals surface area contributed by atoms with E-state index in [0.717, 1.165) is 19.4 Å². The molecule has 1 aliphatic carbocycles. The molecule has 0 radical (unpaired) electrons. The molecule has 2 fully saturated rings. The van der Waals surface area contributed by atoms with Crippen molar-refractivity contribution in [2.45, 2.75) is 37.1 Å². The molecule has 4 heteroatoms. The summed E-state index contributed by atoms with van der Waals surface area (Å²) in [6.45, 7) is 1.32. The van der Waals surface area contributed by atoms with E-state index in [1.54, 1.807) is 0 Å². The van der Waals surface area contributed by atoms with E-state index in [2.05, 4.69) is 0 Å². The highest BCUT2D eigenvalue weighted by molar-refractivity contribution is 5.07. The first kappa shape index (κ1) is 9.34. The normalized spacial score (nSPS) is 36.7. The summed E-state index contributed by atoms with van der Waals surface area (Å²) in [5, 5.41) is 0. The molecule has 1 atom stereocenters. The van der Waals surface area contributed by atoms with Crippen LogP contribution in [0.1, 0.15) is 25.7 Å². The van der Waals surface area contributed by atoms with Gasteiger partial charge in [0.2, 0.25) is 0 Å². The van der Waals surface area contributed by atoms with Gasteiger partial charge in [0.25, 0.3) is 5.92 Å². The lowest BCUT2D eigenvalue weighted by molar-refractivity contribution is -0.153. The van der Waals surface area contributed by atoms with Gasteiger partial charge in [0, 0.05) is 30.9 Å². The minimum Gasteiger partial charge on any atom is -0.381 e. The maximum atomic E-state index is 12.7. The highest BCUT2D eigenvalue weighted by atomic mass is 19.3. The van der Waals surface area contributed by atoms with Crippen molar-refractivity contribution in [2.75, 3.05) is 13.2 Å². The predicted molar refractivity (Wildman–Crippen MR) is 44.6 cm³/mol. The fraction of sp³-hybridized carbons (Fsp3) is 1.00. The van der Waals surface area contributed by atoms with Gasteiger partial charge in [0.15, 0.2) is 0 Å². The first-order chi connectivity index (χ1) is 6.02. The zero-order valence-corrected chi connectivity index (χ0v) is 7.56. The van der Waals surface area contributed by atoms with Crippen molar-refractivity contribution >= 4 is 0 Å². The Morgan fingerprint density at radius 1 is 1.31 bits per heavy atom. The molecule has 2 aliphatic rings. The maximum absolute atomic E-state index is 12.7. The number of rotatable bonds is 1.